The van der Waals surface area contributed by atoms with E-state index in [9.17, 15) is 4.79 Å². The van der Waals surface area contributed by atoms with Crippen LogP contribution in [0.3, 0.4) is 0 Å². The van der Waals surface area contributed by atoms with Crippen LogP contribution < -0.4 is 0 Å². The normalized spacial score (nSPS) is 19.9. The molecular weight excluding hydrogens is 268 g/mol. The van der Waals surface area contributed by atoms with E-state index >= 15 is 0 Å². The first-order valence-corrected chi connectivity index (χ1v) is 6.41. The van der Waals surface area contributed by atoms with Crippen molar-refractivity contribution in [3.05, 3.63) is 34.3 Å². The average Bonchev–Trinajstić information content (AvgIpc) is 2.74. The zero-order valence-electron chi connectivity index (χ0n) is 9.12. The van der Waals surface area contributed by atoms with E-state index in [1.54, 1.807) is 0 Å². The van der Waals surface area contributed by atoms with Crippen molar-refractivity contribution in [2.45, 2.75) is 31.8 Å². The quantitative estimate of drug-likeness (QED) is 0.848. The summed E-state index contributed by atoms with van der Waals surface area (Å²) in [7, 11) is 0. The highest BCUT2D eigenvalue weighted by Crippen LogP contribution is 2.17. The largest absolute Gasteiger partial charge is 0.378 e. The maximum absolute atomic E-state index is 11.8. The van der Waals surface area contributed by atoms with Gasteiger partial charge in [0.1, 0.15) is 5.78 Å². The summed E-state index contributed by atoms with van der Waals surface area (Å²) in [5, 5.41) is 0. The Morgan fingerprint density at radius 2 is 2.12 bits per heavy atom. The van der Waals surface area contributed by atoms with Gasteiger partial charge in [-0.25, -0.2) is 0 Å². The van der Waals surface area contributed by atoms with Gasteiger partial charge in [-0.3, -0.25) is 4.79 Å². The van der Waals surface area contributed by atoms with E-state index in [-0.39, 0.29) is 11.9 Å². The molecule has 1 aliphatic heterocycles. The van der Waals surface area contributed by atoms with Crippen molar-refractivity contribution in [1.82, 2.24) is 0 Å². The van der Waals surface area contributed by atoms with Crippen LogP contribution in [0.25, 0.3) is 0 Å². The molecule has 0 amide bonds. The highest BCUT2D eigenvalue weighted by atomic mass is 79.9. The van der Waals surface area contributed by atoms with Crippen molar-refractivity contribution >= 4 is 21.7 Å². The third-order valence-corrected chi connectivity index (χ3v) is 3.32. The fraction of sp³-hybridized carbons (Fsp3) is 0.462. The fourth-order valence-corrected chi connectivity index (χ4v) is 2.23. The van der Waals surface area contributed by atoms with Crippen LogP contribution in [-0.2, 0) is 16.0 Å². The molecule has 0 N–H and O–H groups in total. The molecule has 2 rings (SSSR count). The van der Waals surface area contributed by atoms with Crippen LogP contribution in [0.15, 0.2) is 28.7 Å². The van der Waals surface area contributed by atoms with Gasteiger partial charge in [-0.05, 0) is 30.5 Å². The monoisotopic (exact) mass is 282 g/mol. The van der Waals surface area contributed by atoms with Gasteiger partial charge >= 0.3 is 0 Å². The molecule has 1 unspecified atom stereocenters. The van der Waals surface area contributed by atoms with Gasteiger partial charge in [-0.2, -0.15) is 0 Å². The Kier molecular flexibility index (Phi) is 4.13. The lowest BCUT2D eigenvalue weighted by atomic mass is 10.0. The lowest BCUT2D eigenvalue weighted by molar-refractivity contribution is -0.120. The van der Waals surface area contributed by atoms with Crippen LogP contribution in [0.2, 0.25) is 0 Å². The van der Waals surface area contributed by atoms with Crippen molar-refractivity contribution in [2.24, 2.45) is 0 Å². The number of halogens is 1. The molecule has 1 saturated heterocycles. The van der Waals surface area contributed by atoms with E-state index in [4.69, 9.17) is 4.74 Å². The van der Waals surface area contributed by atoms with Crippen molar-refractivity contribution in [2.75, 3.05) is 6.61 Å². The van der Waals surface area contributed by atoms with E-state index in [0.717, 1.165) is 29.5 Å². The van der Waals surface area contributed by atoms with Crippen molar-refractivity contribution in [3.8, 4) is 0 Å². The van der Waals surface area contributed by atoms with Gasteiger partial charge in [0.05, 0.1) is 6.10 Å². The lowest BCUT2D eigenvalue weighted by Crippen LogP contribution is -2.14. The molecule has 1 aromatic carbocycles. The molecule has 1 aliphatic rings. The number of benzene rings is 1. The van der Waals surface area contributed by atoms with Crippen LogP contribution >= 0.6 is 15.9 Å². The predicted octanol–water partition coefficient (Wildman–Crippen LogP) is 3.13. The second kappa shape index (κ2) is 5.60. The molecule has 2 nitrogen and oxygen atoms in total. The number of ether oxygens (including phenoxy) is 1. The minimum absolute atomic E-state index is 0.169. The summed E-state index contributed by atoms with van der Waals surface area (Å²) < 4.78 is 6.50. The summed E-state index contributed by atoms with van der Waals surface area (Å²) in [5.74, 6) is 0.272. The summed E-state index contributed by atoms with van der Waals surface area (Å²) in [6.45, 7) is 0.816. The van der Waals surface area contributed by atoms with Gasteiger partial charge < -0.3 is 4.74 Å². The van der Waals surface area contributed by atoms with Gasteiger partial charge in [-0.15, -0.1) is 0 Å². The number of Topliss-reactive ketones (excluding diaryl/α,β-unsaturated/α-hetero) is 1. The number of carbonyl (C=O) groups is 1. The topological polar surface area (TPSA) is 26.3 Å². The Morgan fingerprint density at radius 3 is 2.75 bits per heavy atom. The van der Waals surface area contributed by atoms with Gasteiger partial charge in [0.25, 0.3) is 0 Å². The van der Waals surface area contributed by atoms with E-state index in [0.29, 0.717) is 12.8 Å². The second-order valence-electron chi connectivity index (χ2n) is 4.18. The Balaban J connectivity index is 1.84. The molecule has 0 aliphatic carbocycles. The first-order chi connectivity index (χ1) is 7.74. The van der Waals surface area contributed by atoms with Gasteiger partial charge in [0.2, 0.25) is 0 Å². The maximum Gasteiger partial charge on any atom is 0.139 e. The number of hydrogen-bond acceptors (Lipinski definition) is 2. The van der Waals surface area contributed by atoms with Crippen LogP contribution in [0.4, 0.5) is 0 Å². The number of carbonyl (C=O) groups excluding carboxylic acids is 1. The average molecular weight is 283 g/mol. The van der Waals surface area contributed by atoms with E-state index in [1.165, 1.54) is 0 Å². The van der Waals surface area contributed by atoms with Crippen LogP contribution in [0.1, 0.15) is 24.8 Å². The Morgan fingerprint density at radius 1 is 1.38 bits per heavy atom. The Labute approximate surface area is 104 Å². The third-order valence-electron chi connectivity index (χ3n) is 2.79. The second-order valence-corrected chi connectivity index (χ2v) is 5.10. The first-order valence-electron chi connectivity index (χ1n) is 5.62. The van der Waals surface area contributed by atoms with Crippen LogP contribution in [0, 0.1) is 0 Å². The van der Waals surface area contributed by atoms with Gasteiger partial charge in [-0.1, -0.05) is 28.1 Å². The third kappa shape index (κ3) is 3.42. The van der Waals surface area contributed by atoms with Gasteiger partial charge in [0.15, 0.2) is 0 Å². The van der Waals surface area contributed by atoms with E-state index < -0.39 is 0 Å². The summed E-state index contributed by atoms with van der Waals surface area (Å²) in [6, 6.07) is 7.90. The molecule has 1 atom stereocenters. The van der Waals surface area contributed by atoms with Gasteiger partial charge in [0, 0.05) is 23.9 Å². The Bertz CT molecular complexity index is 353. The molecule has 86 valence electrons. The van der Waals surface area contributed by atoms with Crippen LogP contribution in [-0.4, -0.2) is 18.5 Å². The van der Waals surface area contributed by atoms with E-state index in [2.05, 4.69) is 15.9 Å². The summed E-state index contributed by atoms with van der Waals surface area (Å²) in [6.07, 6.45) is 3.38. The minimum atomic E-state index is 0.169. The molecule has 1 fully saturated rings. The molecule has 3 heteroatoms. The van der Waals surface area contributed by atoms with Crippen molar-refractivity contribution in [3.63, 3.8) is 0 Å². The standard InChI is InChI=1S/C13H15BrO2/c14-11-5-3-10(4-6-11)8-12(15)9-13-2-1-7-16-13/h3-6,13H,1-2,7-9H2. The molecule has 0 bridgehead atoms. The summed E-state index contributed by atoms with van der Waals surface area (Å²) in [4.78, 5) is 11.8. The maximum atomic E-state index is 11.8. The molecular formula is C13H15BrO2. The molecule has 1 aromatic rings. The molecule has 0 radical (unpaired) electrons. The SMILES string of the molecule is O=C(Cc1ccc(Br)cc1)CC1CCCO1. The zero-order valence-corrected chi connectivity index (χ0v) is 10.7. The van der Waals surface area contributed by atoms with Crippen LogP contribution in [0.5, 0.6) is 0 Å². The number of rotatable bonds is 4. The molecule has 0 spiro atoms. The first kappa shape index (κ1) is 11.8. The molecule has 16 heavy (non-hydrogen) atoms. The number of hydrogen-bond donors (Lipinski definition) is 0. The predicted molar refractivity (Wildman–Crippen MR) is 66.4 cm³/mol. The zero-order chi connectivity index (χ0) is 11.4. The number of ketones is 1. The smallest absolute Gasteiger partial charge is 0.139 e. The lowest BCUT2D eigenvalue weighted by Gasteiger charge is -2.07. The summed E-state index contributed by atoms with van der Waals surface area (Å²) >= 11 is 3.38. The highest BCUT2D eigenvalue weighted by molar-refractivity contribution is 9.10. The van der Waals surface area contributed by atoms with Crippen molar-refractivity contribution < 1.29 is 9.53 Å². The summed E-state index contributed by atoms with van der Waals surface area (Å²) in [5.41, 5.74) is 1.08. The molecule has 1 heterocycles. The highest BCUT2D eigenvalue weighted by Gasteiger charge is 2.18. The Hall–Kier alpha value is -0.670. The molecule has 0 saturated carbocycles. The molecule has 0 aromatic heterocycles. The van der Waals surface area contributed by atoms with E-state index in [1.807, 2.05) is 24.3 Å². The minimum Gasteiger partial charge on any atom is -0.378 e. The fourth-order valence-electron chi connectivity index (χ4n) is 1.96. The van der Waals surface area contributed by atoms with Crippen molar-refractivity contribution in [1.29, 1.82) is 0 Å².